The Morgan fingerprint density at radius 1 is 0.605 bits per heavy atom. The predicted octanol–water partition coefficient (Wildman–Crippen LogP) is 1.47. The van der Waals surface area contributed by atoms with Crippen molar-refractivity contribution in [2.75, 3.05) is 39.3 Å². The first-order chi connectivity index (χ1) is 20.0. The molecule has 3 aromatic heterocycles. The van der Waals surface area contributed by atoms with Crippen molar-refractivity contribution < 1.29 is 45.0 Å². The Balaban J connectivity index is 0.00000174. The van der Waals surface area contributed by atoms with Crippen molar-refractivity contribution >= 4 is 18.6 Å². The van der Waals surface area contributed by atoms with E-state index in [0.717, 1.165) is 0 Å². The third kappa shape index (κ3) is 21.3. The summed E-state index contributed by atoms with van der Waals surface area (Å²) in [6, 6.07) is 9.83. The molecule has 3 aromatic rings. The van der Waals surface area contributed by atoms with Crippen LogP contribution in [0.1, 0.15) is 17.1 Å². The molecule has 0 unspecified atom stereocenters. The Labute approximate surface area is 257 Å². The third-order valence-corrected chi connectivity index (χ3v) is 4.62. The summed E-state index contributed by atoms with van der Waals surface area (Å²) in [6.07, 6.45) is 9.20. The van der Waals surface area contributed by atoms with Crippen LogP contribution in [-0.4, -0.2) is 103 Å². The van der Waals surface area contributed by atoms with Gasteiger partial charge in [0.2, 0.25) is 0 Å². The SMILES string of the molecule is O=[N+]([O-])[O-].O=[N+]([O-])[O-].Oc1ccc(C=NCCN(CCN=Cc2ccc(O)cn2)CCN=Cc2ccc(O)cn2)nc1.[Zn+2]. The number of nitrogens with zero attached hydrogens (tertiary/aromatic N) is 9. The van der Waals surface area contributed by atoms with E-state index >= 15 is 0 Å². The minimum atomic E-state index is -1.75. The van der Waals surface area contributed by atoms with Crippen molar-refractivity contribution in [1.82, 2.24) is 19.9 Å². The van der Waals surface area contributed by atoms with Crippen LogP contribution >= 0.6 is 0 Å². The number of aromatic nitrogens is 3. The maximum Gasteiger partial charge on any atom is 2.00 e. The molecule has 19 heteroatoms. The van der Waals surface area contributed by atoms with Gasteiger partial charge in [-0.2, -0.15) is 0 Å². The normalized spacial score (nSPS) is 10.5. The second-order valence-electron chi connectivity index (χ2n) is 7.72. The Kier molecular flexibility index (Phi) is 19.8. The smallest absolute Gasteiger partial charge is 0.506 e. The number of pyridine rings is 3. The van der Waals surface area contributed by atoms with Crippen molar-refractivity contribution in [2.45, 2.75) is 0 Å². The molecular weight excluding hydrogens is 624 g/mol. The van der Waals surface area contributed by atoms with Crippen LogP contribution in [0.4, 0.5) is 0 Å². The van der Waals surface area contributed by atoms with Gasteiger partial charge in [-0.15, -0.1) is 0 Å². The summed E-state index contributed by atoms with van der Waals surface area (Å²) in [5.41, 5.74) is 2.05. The second kappa shape index (κ2) is 22.5. The topological polar surface area (TPSA) is 272 Å². The molecule has 3 rings (SSSR count). The quantitative estimate of drug-likeness (QED) is 0.108. The Morgan fingerprint density at radius 2 is 0.860 bits per heavy atom. The standard InChI is InChI=1S/C24H27N7O3.2NO3.Zn/c32-22-4-1-19(28-16-22)13-25-7-10-31(11-8-26-14-20-2-5-23(33)17-29-20)12-9-27-15-21-3-6-24(34)18-30-21;2*2-1(3)4;/h1-6,13-18,32-34H,7-12H2;;;/q;2*-1;+2. The first-order valence-corrected chi connectivity index (χ1v) is 11.8. The Hall–Kier alpha value is -5.16. The number of rotatable bonds is 12. The van der Waals surface area contributed by atoms with E-state index in [4.69, 9.17) is 30.6 Å². The van der Waals surface area contributed by atoms with Gasteiger partial charge in [-0.1, -0.05) is 0 Å². The van der Waals surface area contributed by atoms with Gasteiger partial charge in [0.25, 0.3) is 0 Å². The zero-order chi connectivity index (χ0) is 31.2. The van der Waals surface area contributed by atoms with E-state index in [0.29, 0.717) is 56.4 Å². The number of hydrogen-bond donors (Lipinski definition) is 3. The molecule has 0 fully saturated rings. The van der Waals surface area contributed by atoms with Crippen molar-refractivity contribution in [3.8, 4) is 17.2 Å². The van der Waals surface area contributed by atoms with Gasteiger partial charge in [-0.3, -0.25) is 34.8 Å². The largest absolute Gasteiger partial charge is 2.00 e. The average molecular weight is 651 g/mol. The van der Waals surface area contributed by atoms with Crippen LogP contribution in [0.2, 0.25) is 0 Å². The van der Waals surface area contributed by atoms with E-state index in [-0.39, 0.29) is 36.7 Å². The van der Waals surface area contributed by atoms with Gasteiger partial charge in [0, 0.05) is 38.3 Å². The van der Waals surface area contributed by atoms with Crippen molar-refractivity contribution in [1.29, 1.82) is 0 Å². The van der Waals surface area contributed by atoms with Gasteiger partial charge in [-0.25, -0.2) is 0 Å². The summed E-state index contributed by atoms with van der Waals surface area (Å²) in [5, 5.41) is 57.4. The first-order valence-electron chi connectivity index (χ1n) is 11.8. The van der Waals surface area contributed by atoms with Crippen LogP contribution in [0.15, 0.2) is 70.0 Å². The third-order valence-electron chi connectivity index (χ3n) is 4.62. The van der Waals surface area contributed by atoms with Crippen LogP contribution in [0.25, 0.3) is 0 Å². The van der Waals surface area contributed by atoms with Gasteiger partial charge in [0.15, 0.2) is 0 Å². The molecule has 43 heavy (non-hydrogen) atoms. The van der Waals surface area contributed by atoms with Crippen molar-refractivity contribution in [2.24, 2.45) is 15.0 Å². The molecule has 0 aliphatic carbocycles. The molecule has 0 aliphatic rings. The Morgan fingerprint density at radius 3 is 1.07 bits per heavy atom. The summed E-state index contributed by atoms with van der Waals surface area (Å²) < 4.78 is 0. The van der Waals surface area contributed by atoms with Crippen molar-refractivity contribution in [3.05, 3.63) is 103 Å². The fourth-order valence-corrected chi connectivity index (χ4v) is 2.83. The van der Waals surface area contributed by atoms with Crippen LogP contribution in [-0.2, 0) is 19.5 Å². The molecule has 0 saturated carbocycles. The number of hydrogen-bond acceptors (Lipinski definition) is 16. The molecular formula is C24H27N9O9Zn. The summed E-state index contributed by atoms with van der Waals surface area (Å²) in [7, 11) is 0. The Bertz CT molecular complexity index is 1130. The van der Waals surface area contributed by atoms with Crippen LogP contribution in [0.5, 0.6) is 17.2 Å². The minimum absolute atomic E-state index is 0. The first kappa shape index (κ1) is 37.8. The molecule has 0 aliphatic heterocycles. The summed E-state index contributed by atoms with van der Waals surface area (Å²) in [6.45, 7) is 3.89. The van der Waals surface area contributed by atoms with Gasteiger partial charge in [0.1, 0.15) is 17.2 Å². The van der Waals surface area contributed by atoms with Crippen LogP contribution in [0.3, 0.4) is 0 Å². The molecule has 0 aromatic carbocycles. The number of aliphatic imine (C=N–C) groups is 3. The summed E-state index contributed by atoms with van der Waals surface area (Å²) >= 11 is 0. The minimum Gasteiger partial charge on any atom is -0.506 e. The fraction of sp³-hybridized carbons (Fsp3) is 0.250. The molecule has 0 radical (unpaired) electrons. The maximum absolute atomic E-state index is 9.31. The van der Waals surface area contributed by atoms with Crippen LogP contribution in [0, 0.1) is 30.6 Å². The maximum atomic E-state index is 9.31. The van der Waals surface area contributed by atoms with E-state index in [2.05, 4.69) is 34.8 Å². The van der Waals surface area contributed by atoms with Gasteiger partial charge in [-0.05, 0) is 36.4 Å². The molecule has 224 valence electrons. The number of aromatic hydroxyl groups is 3. The van der Waals surface area contributed by atoms with E-state index in [9.17, 15) is 15.3 Å². The molecule has 3 N–H and O–H groups in total. The zero-order valence-electron chi connectivity index (χ0n) is 22.7. The zero-order valence-corrected chi connectivity index (χ0v) is 25.7. The predicted molar refractivity (Wildman–Crippen MR) is 152 cm³/mol. The van der Waals surface area contributed by atoms with Gasteiger partial charge < -0.3 is 46.0 Å². The molecule has 0 saturated heterocycles. The van der Waals surface area contributed by atoms with E-state index in [1.807, 2.05) is 0 Å². The van der Waals surface area contributed by atoms with Gasteiger partial charge in [0.05, 0.1) is 65.5 Å². The van der Waals surface area contributed by atoms with E-state index in [1.165, 1.54) is 18.6 Å². The average Bonchev–Trinajstić information content (AvgIpc) is 2.93. The van der Waals surface area contributed by atoms with Crippen molar-refractivity contribution in [3.63, 3.8) is 0 Å². The second-order valence-corrected chi connectivity index (χ2v) is 7.72. The van der Waals surface area contributed by atoms with Gasteiger partial charge >= 0.3 is 19.5 Å². The molecule has 18 nitrogen and oxygen atoms in total. The van der Waals surface area contributed by atoms with Crippen LogP contribution < -0.4 is 0 Å². The molecule has 0 bridgehead atoms. The molecule has 0 spiro atoms. The summed E-state index contributed by atoms with van der Waals surface area (Å²) in [5.74, 6) is 0.360. The molecule has 3 heterocycles. The summed E-state index contributed by atoms with van der Waals surface area (Å²) in [4.78, 5) is 44.3. The molecule has 0 amide bonds. The van der Waals surface area contributed by atoms with E-state index < -0.39 is 10.2 Å². The molecule has 0 atom stereocenters. The fourth-order valence-electron chi connectivity index (χ4n) is 2.83. The monoisotopic (exact) mass is 649 g/mol. The van der Waals surface area contributed by atoms with E-state index in [1.54, 1.807) is 55.0 Å².